The van der Waals surface area contributed by atoms with Crippen molar-refractivity contribution in [3.8, 4) is 5.75 Å². The van der Waals surface area contributed by atoms with E-state index in [1.165, 1.54) is 27.0 Å². The van der Waals surface area contributed by atoms with Gasteiger partial charge in [-0.25, -0.2) is 4.98 Å². The van der Waals surface area contributed by atoms with Gasteiger partial charge in [-0.1, -0.05) is 23.5 Å². The number of hydrogen-bond donors (Lipinski definition) is 0. The number of fused-ring (bicyclic) bond motifs is 2. The molecule has 3 aromatic rings. The summed E-state index contributed by atoms with van der Waals surface area (Å²) in [6, 6.07) is 10.8. The highest BCUT2D eigenvalue weighted by atomic mass is 32.1. The molecule has 4 heteroatoms. The van der Waals surface area contributed by atoms with Crippen molar-refractivity contribution < 1.29 is 4.74 Å². The number of benzene rings is 2. The number of thiazole rings is 1. The van der Waals surface area contributed by atoms with E-state index in [1.54, 1.807) is 18.4 Å². The van der Waals surface area contributed by atoms with Crippen molar-refractivity contribution in [3.63, 3.8) is 0 Å². The van der Waals surface area contributed by atoms with Crippen molar-refractivity contribution in [1.29, 1.82) is 0 Å². The molecule has 118 valence electrons. The zero-order valence-electron chi connectivity index (χ0n) is 13.7. The maximum Gasteiger partial charge on any atom is 0.186 e. The van der Waals surface area contributed by atoms with Crippen LogP contribution in [0.25, 0.3) is 10.2 Å². The van der Waals surface area contributed by atoms with Crippen molar-refractivity contribution in [2.45, 2.75) is 26.8 Å². The quantitative estimate of drug-likeness (QED) is 0.695. The number of anilines is 1. The molecule has 1 aliphatic rings. The Morgan fingerprint density at radius 1 is 1.13 bits per heavy atom. The van der Waals surface area contributed by atoms with Gasteiger partial charge in [0.2, 0.25) is 0 Å². The second-order valence-corrected chi connectivity index (χ2v) is 7.17. The van der Waals surface area contributed by atoms with Crippen LogP contribution < -0.4 is 9.64 Å². The molecule has 0 saturated heterocycles. The molecule has 0 N–H and O–H groups in total. The number of ether oxygens (including phenoxy) is 1. The number of methoxy groups -OCH3 is 1. The highest BCUT2D eigenvalue weighted by Crippen LogP contribution is 2.34. The van der Waals surface area contributed by atoms with E-state index in [1.807, 2.05) is 6.07 Å². The number of hydrogen-bond acceptors (Lipinski definition) is 4. The van der Waals surface area contributed by atoms with Crippen molar-refractivity contribution in [3.05, 3.63) is 52.6 Å². The van der Waals surface area contributed by atoms with Crippen LogP contribution in [0.1, 0.15) is 22.3 Å². The molecule has 2 heterocycles. The summed E-state index contributed by atoms with van der Waals surface area (Å²) in [6.45, 7) is 6.26. The molecule has 1 aliphatic heterocycles. The molecular formula is C19H20N2OS. The molecule has 4 rings (SSSR count). The SMILES string of the molecule is COc1ccc2c(c1)CCN(c1nc3c(C)c(C)ccc3s1)C2. The summed E-state index contributed by atoms with van der Waals surface area (Å²) in [6.07, 6.45) is 1.04. The maximum atomic E-state index is 5.33. The van der Waals surface area contributed by atoms with E-state index in [9.17, 15) is 0 Å². The molecule has 0 radical (unpaired) electrons. The van der Waals surface area contributed by atoms with Crippen LogP contribution in [0.15, 0.2) is 30.3 Å². The Morgan fingerprint density at radius 2 is 2.00 bits per heavy atom. The minimum absolute atomic E-state index is 0.928. The zero-order valence-corrected chi connectivity index (χ0v) is 14.5. The van der Waals surface area contributed by atoms with Gasteiger partial charge in [0.15, 0.2) is 5.13 Å². The van der Waals surface area contributed by atoms with Crippen LogP contribution in [0.4, 0.5) is 5.13 Å². The fourth-order valence-electron chi connectivity index (χ4n) is 3.17. The smallest absolute Gasteiger partial charge is 0.186 e. The molecule has 0 atom stereocenters. The van der Waals surface area contributed by atoms with Crippen molar-refractivity contribution in [2.75, 3.05) is 18.6 Å². The number of aromatic nitrogens is 1. The minimum atomic E-state index is 0.928. The van der Waals surface area contributed by atoms with E-state index in [4.69, 9.17) is 9.72 Å². The summed E-state index contributed by atoms with van der Waals surface area (Å²) in [5.74, 6) is 0.947. The Hall–Kier alpha value is -2.07. The van der Waals surface area contributed by atoms with Crippen LogP contribution in [0.2, 0.25) is 0 Å². The van der Waals surface area contributed by atoms with E-state index in [-0.39, 0.29) is 0 Å². The Kier molecular flexibility index (Phi) is 3.49. The van der Waals surface area contributed by atoms with Crippen molar-refractivity contribution in [1.82, 2.24) is 4.98 Å². The molecule has 3 nitrogen and oxygen atoms in total. The summed E-state index contributed by atoms with van der Waals surface area (Å²) in [5, 5.41) is 1.13. The number of rotatable bonds is 2. The van der Waals surface area contributed by atoms with Crippen LogP contribution in [-0.2, 0) is 13.0 Å². The predicted octanol–water partition coefficient (Wildman–Crippen LogP) is 4.48. The normalized spacial score (nSPS) is 14.1. The largest absolute Gasteiger partial charge is 0.497 e. The Morgan fingerprint density at radius 3 is 2.83 bits per heavy atom. The van der Waals surface area contributed by atoms with E-state index in [0.29, 0.717) is 0 Å². The predicted molar refractivity (Wildman–Crippen MR) is 96.8 cm³/mol. The molecule has 2 aromatic carbocycles. The van der Waals surface area contributed by atoms with Gasteiger partial charge < -0.3 is 9.64 Å². The second-order valence-electron chi connectivity index (χ2n) is 6.16. The molecule has 0 amide bonds. The Balaban J connectivity index is 1.68. The van der Waals surface area contributed by atoms with Crippen LogP contribution >= 0.6 is 11.3 Å². The fourth-order valence-corrected chi connectivity index (χ4v) is 4.22. The van der Waals surface area contributed by atoms with Crippen LogP contribution in [0.5, 0.6) is 5.75 Å². The molecule has 0 bridgehead atoms. The zero-order chi connectivity index (χ0) is 16.0. The molecule has 23 heavy (non-hydrogen) atoms. The lowest BCUT2D eigenvalue weighted by Gasteiger charge is -2.28. The average Bonchev–Trinajstić information content (AvgIpc) is 3.02. The third kappa shape index (κ3) is 2.47. The first-order valence-electron chi connectivity index (χ1n) is 7.93. The molecule has 0 spiro atoms. The summed E-state index contributed by atoms with van der Waals surface area (Å²) < 4.78 is 6.61. The van der Waals surface area contributed by atoms with Crippen molar-refractivity contribution in [2.24, 2.45) is 0 Å². The highest BCUT2D eigenvalue weighted by molar-refractivity contribution is 7.22. The fraction of sp³-hybridized carbons (Fsp3) is 0.316. The monoisotopic (exact) mass is 324 g/mol. The van der Waals surface area contributed by atoms with Crippen LogP contribution in [0.3, 0.4) is 0 Å². The molecule has 0 unspecified atom stereocenters. The van der Waals surface area contributed by atoms with Gasteiger partial charge in [-0.2, -0.15) is 0 Å². The lowest BCUT2D eigenvalue weighted by molar-refractivity contribution is 0.414. The highest BCUT2D eigenvalue weighted by Gasteiger charge is 2.20. The van der Waals surface area contributed by atoms with Gasteiger partial charge >= 0.3 is 0 Å². The lowest BCUT2D eigenvalue weighted by Crippen LogP contribution is -2.30. The lowest BCUT2D eigenvalue weighted by atomic mass is 10.00. The number of aryl methyl sites for hydroxylation is 2. The van der Waals surface area contributed by atoms with Crippen LogP contribution in [-0.4, -0.2) is 18.6 Å². The first-order chi connectivity index (χ1) is 11.2. The summed E-state index contributed by atoms with van der Waals surface area (Å²) in [7, 11) is 1.72. The van der Waals surface area contributed by atoms with Gasteiger partial charge in [-0.15, -0.1) is 0 Å². The minimum Gasteiger partial charge on any atom is -0.497 e. The first-order valence-corrected chi connectivity index (χ1v) is 8.75. The van der Waals surface area contributed by atoms with E-state index in [2.05, 4.69) is 43.0 Å². The van der Waals surface area contributed by atoms with Gasteiger partial charge in [0.1, 0.15) is 5.75 Å². The molecule has 1 aromatic heterocycles. The molecule has 0 fully saturated rings. The summed E-state index contributed by atoms with van der Waals surface area (Å²) in [4.78, 5) is 7.32. The average molecular weight is 324 g/mol. The third-order valence-electron chi connectivity index (χ3n) is 4.77. The van der Waals surface area contributed by atoms with Gasteiger partial charge in [0.25, 0.3) is 0 Å². The van der Waals surface area contributed by atoms with Gasteiger partial charge in [-0.3, -0.25) is 0 Å². The molecular weight excluding hydrogens is 304 g/mol. The van der Waals surface area contributed by atoms with E-state index < -0.39 is 0 Å². The Bertz CT molecular complexity index is 884. The second kappa shape index (κ2) is 5.53. The van der Waals surface area contributed by atoms with Gasteiger partial charge in [0, 0.05) is 13.1 Å². The van der Waals surface area contributed by atoms with Crippen molar-refractivity contribution >= 4 is 26.7 Å². The Labute approximate surface area is 140 Å². The van der Waals surface area contributed by atoms with Gasteiger partial charge in [0.05, 0.1) is 17.3 Å². The first kappa shape index (κ1) is 14.5. The topological polar surface area (TPSA) is 25.4 Å². The maximum absolute atomic E-state index is 5.33. The van der Waals surface area contributed by atoms with Crippen LogP contribution in [0, 0.1) is 13.8 Å². The standard InChI is InChI=1S/C19H20N2OS/c1-12-4-7-17-18(13(12)2)20-19(23-17)21-9-8-14-10-16(22-3)6-5-15(14)11-21/h4-7,10H,8-9,11H2,1-3H3. The van der Waals surface area contributed by atoms with E-state index >= 15 is 0 Å². The van der Waals surface area contributed by atoms with Gasteiger partial charge in [-0.05, 0) is 60.7 Å². The third-order valence-corrected chi connectivity index (χ3v) is 5.85. The molecule has 0 aliphatic carbocycles. The summed E-state index contributed by atoms with van der Waals surface area (Å²) in [5.41, 5.74) is 6.54. The molecule has 0 saturated carbocycles. The number of nitrogens with zero attached hydrogens (tertiary/aromatic N) is 2. The summed E-state index contributed by atoms with van der Waals surface area (Å²) >= 11 is 1.80. The van der Waals surface area contributed by atoms with E-state index in [0.717, 1.165) is 35.9 Å².